The molecule has 1 aromatic carbocycles. The number of nitrogens with zero attached hydrogens (tertiary/aromatic N) is 1. The molecule has 0 bridgehead atoms. The maximum absolute atomic E-state index is 11.5. The molecule has 3 rings (SSSR count). The zero-order valence-electron chi connectivity index (χ0n) is 7.40. The Morgan fingerprint density at radius 3 is 2.86 bits per heavy atom. The summed E-state index contributed by atoms with van der Waals surface area (Å²) in [6.07, 6.45) is 1.72. The van der Waals surface area contributed by atoms with E-state index in [1.54, 1.807) is 10.6 Å². The van der Waals surface area contributed by atoms with E-state index in [0.29, 0.717) is 0 Å². The van der Waals surface area contributed by atoms with Crippen LogP contribution in [0.5, 0.6) is 0 Å². The van der Waals surface area contributed by atoms with Gasteiger partial charge in [0.25, 0.3) is 0 Å². The largest absolute Gasteiger partial charge is 0.330 e. The van der Waals surface area contributed by atoms with Crippen LogP contribution >= 0.6 is 0 Å². The van der Waals surface area contributed by atoms with E-state index in [2.05, 4.69) is 4.98 Å². The van der Waals surface area contributed by atoms with Gasteiger partial charge in [0.05, 0.1) is 11.0 Å². The van der Waals surface area contributed by atoms with Gasteiger partial charge in [-0.1, -0.05) is 24.3 Å². The first-order valence-corrected chi connectivity index (χ1v) is 4.44. The normalized spacial score (nSPS) is 11.1. The van der Waals surface area contributed by atoms with Crippen molar-refractivity contribution in [2.75, 3.05) is 0 Å². The number of para-hydroxylation sites is 1. The highest BCUT2D eigenvalue weighted by atomic mass is 16.1. The number of aromatic amines is 1. The Morgan fingerprint density at radius 1 is 1.07 bits per heavy atom. The number of rotatable bonds is 0. The third-order valence-corrected chi connectivity index (χ3v) is 2.42. The van der Waals surface area contributed by atoms with Crippen LogP contribution in [0, 0.1) is 0 Å². The molecule has 3 aromatic rings. The maximum Gasteiger partial charge on any atom is 0.330 e. The average molecular weight is 184 g/mol. The molecular formula is C11H8N2O. The fourth-order valence-corrected chi connectivity index (χ4v) is 1.76. The van der Waals surface area contributed by atoms with Crippen molar-refractivity contribution in [3.8, 4) is 0 Å². The highest BCUT2D eigenvalue weighted by Gasteiger charge is 2.01. The van der Waals surface area contributed by atoms with E-state index in [1.807, 2.05) is 36.4 Å². The van der Waals surface area contributed by atoms with Crippen LogP contribution in [-0.2, 0) is 0 Å². The fourth-order valence-electron chi connectivity index (χ4n) is 1.76. The van der Waals surface area contributed by atoms with E-state index < -0.39 is 0 Å². The number of fused-ring (bicyclic) bond motifs is 3. The number of pyridine rings is 1. The molecule has 1 N–H and O–H groups in total. The minimum Gasteiger partial charge on any atom is -0.312 e. The van der Waals surface area contributed by atoms with Crippen LogP contribution < -0.4 is 5.69 Å². The van der Waals surface area contributed by atoms with Gasteiger partial charge in [-0.05, 0) is 17.5 Å². The molecular weight excluding hydrogens is 176 g/mol. The summed E-state index contributed by atoms with van der Waals surface area (Å²) >= 11 is 0. The summed E-state index contributed by atoms with van der Waals surface area (Å²) in [6.45, 7) is 0. The number of imidazole rings is 1. The molecule has 0 radical (unpaired) electrons. The van der Waals surface area contributed by atoms with Gasteiger partial charge in [0.15, 0.2) is 0 Å². The molecule has 3 nitrogen and oxygen atoms in total. The zero-order chi connectivity index (χ0) is 9.54. The van der Waals surface area contributed by atoms with Gasteiger partial charge in [-0.25, -0.2) is 4.79 Å². The van der Waals surface area contributed by atoms with E-state index in [1.165, 1.54) is 0 Å². The second-order valence-electron chi connectivity index (χ2n) is 3.25. The maximum atomic E-state index is 11.5. The molecule has 0 unspecified atom stereocenters. The van der Waals surface area contributed by atoms with Crippen molar-refractivity contribution in [1.29, 1.82) is 0 Å². The van der Waals surface area contributed by atoms with Gasteiger partial charge in [0, 0.05) is 6.20 Å². The lowest BCUT2D eigenvalue weighted by atomic mass is 10.2. The first-order chi connectivity index (χ1) is 6.86. The first-order valence-electron chi connectivity index (χ1n) is 4.44. The van der Waals surface area contributed by atoms with Gasteiger partial charge in [0.2, 0.25) is 0 Å². The Hall–Kier alpha value is -2.03. The summed E-state index contributed by atoms with van der Waals surface area (Å²) in [5, 5.41) is 1.07. The number of hydrogen-bond acceptors (Lipinski definition) is 1. The van der Waals surface area contributed by atoms with Crippen LogP contribution in [0.15, 0.2) is 47.4 Å². The summed E-state index contributed by atoms with van der Waals surface area (Å²) in [7, 11) is 0. The van der Waals surface area contributed by atoms with Gasteiger partial charge in [-0.15, -0.1) is 0 Å². The highest BCUT2D eigenvalue weighted by Crippen LogP contribution is 2.14. The van der Waals surface area contributed by atoms with Crippen LogP contribution in [0.2, 0.25) is 0 Å². The van der Waals surface area contributed by atoms with E-state index >= 15 is 0 Å². The Labute approximate surface area is 79.6 Å². The molecule has 2 aromatic heterocycles. The number of H-pyrrole nitrogens is 1. The lowest BCUT2D eigenvalue weighted by molar-refractivity contribution is 1.11. The second-order valence-corrected chi connectivity index (χ2v) is 3.25. The third-order valence-electron chi connectivity index (χ3n) is 2.42. The summed E-state index contributed by atoms with van der Waals surface area (Å²) < 4.78 is 1.68. The Bertz CT molecular complexity index is 663. The van der Waals surface area contributed by atoms with E-state index in [-0.39, 0.29) is 5.69 Å². The van der Waals surface area contributed by atoms with Crippen LogP contribution in [0.1, 0.15) is 0 Å². The van der Waals surface area contributed by atoms with Gasteiger partial charge < -0.3 is 4.98 Å². The fraction of sp³-hybridized carbons (Fsp3) is 0. The lowest BCUT2D eigenvalue weighted by Gasteiger charge is -1.99. The molecule has 0 saturated heterocycles. The molecule has 0 aliphatic rings. The molecule has 68 valence electrons. The number of nitrogens with one attached hydrogen (secondary N) is 1. The molecule has 3 heteroatoms. The summed E-state index contributed by atoms with van der Waals surface area (Å²) in [4.78, 5) is 14.2. The van der Waals surface area contributed by atoms with Crippen LogP contribution in [0.3, 0.4) is 0 Å². The Kier molecular flexibility index (Phi) is 1.31. The van der Waals surface area contributed by atoms with Crippen molar-refractivity contribution < 1.29 is 0 Å². The Morgan fingerprint density at radius 2 is 1.93 bits per heavy atom. The number of aromatic nitrogens is 2. The second kappa shape index (κ2) is 2.48. The predicted molar refractivity (Wildman–Crippen MR) is 55.5 cm³/mol. The van der Waals surface area contributed by atoms with Crippen molar-refractivity contribution in [2.45, 2.75) is 0 Å². The minimum absolute atomic E-state index is 0.0863. The third kappa shape index (κ3) is 0.836. The molecule has 14 heavy (non-hydrogen) atoms. The lowest BCUT2D eigenvalue weighted by Crippen LogP contribution is -2.09. The SMILES string of the molecule is O=c1[nH]cc2ccc3ccccc3n12. The van der Waals surface area contributed by atoms with Gasteiger partial charge in [0.1, 0.15) is 0 Å². The van der Waals surface area contributed by atoms with E-state index in [0.717, 1.165) is 16.4 Å². The molecule has 0 aliphatic carbocycles. The molecule has 0 saturated carbocycles. The van der Waals surface area contributed by atoms with Crippen molar-refractivity contribution in [1.82, 2.24) is 9.38 Å². The van der Waals surface area contributed by atoms with E-state index in [4.69, 9.17) is 0 Å². The molecule has 0 fully saturated rings. The van der Waals surface area contributed by atoms with Gasteiger partial charge in [-0.2, -0.15) is 0 Å². The smallest absolute Gasteiger partial charge is 0.312 e. The molecule has 2 heterocycles. The van der Waals surface area contributed by atoms with Crippen molar-refractivity contribution in [3.05, 3.63) is 53.1 Å². The molecule has 0 atom stereocenters. The van der Waals surface area contributed by atoms with Crippen LogP contribution in [0.25, 0.3) is 16.4 Å². The summed E-state index contributed by atoms with van der Waals surface area (Å²) in [5.41, 5.74) is 1.75. The zero-order valence-corrected chi connectivity index (χ0v) is 7.40. The summed E-state index contributed by atoms with van der Waals surface area (Å²) in [6, 6.07) is 11.8. The van der Waals surface area contributed by atoms with Crippen molar-refractivity contribution in [2.24, 2.45) is 0 Å². The summed E-state index contributed by atoms with van der Waals surface area (Å²) in [5.74, 6) is 0. The van der Waals surface area contributed by atoms with Gasteiger partial charge >= 0.3 is 5.69 Å². The van der Waals surface area contributed by atoms with Gasteiger partial charge in [-0.3, -0.25) is 4.40 Å². The standard InChI is InChI=1S/C11H8N2O/c14-11-12-7-9-6-5-8-3-1-2-4-10(8)13(9)11/h1-7H,(H,12,14). The predicted octanol–water partition coefficient (Wildman–Crippen LogP) is 1.78. The topological polar surface area (TPSA) is 37.3 Å². The monoisotopic (exact) mass is 184 g/mol. The highest BCUT2D eigenvalue weighted by molar-refractivity contribution is 5.82. The van der Waals surface area contributed by atoms with Crippen molar-refractivity contribution >= 4 is 16.4 Å². The van der Waals surface area contributed by atoms with Crippen LogP contribution in [-0.4, -0.2) is 9.38 Å². The van der Waals surface area contributed by atoms with Crippen molar-refractivity contribution in [3.63, 3.8) is 0 Å². The van der Waals surface area contributed by atoms with E-state index in [9.17, 15) is 4.79 Å². The number of hydrogen-bond donors (Lipinski definition) is 1. The molecule has 0 amide bonds. The molecule has 0 aliphatic heterocycles. The average Bonchev–Trinajstić information content (AvgIpc) is 2.61. The molecule has 0 spiro atoms. The Balaban J connectivity index is 2.72. The minimum atomic E-state index is -0.0863. The quantitative estimate of drug-likeness (QED) is 0.568. The number of benzene rings is 1. The van der Waals surface area contributed by atoms with Crippen LogP contribution in [0.4, 0.5) is 0 Å². The first kappa shape index (κ1) is 7.38.